The van der Waals surface area contributed by atoms with Gasteiger partial charge in [0.1, 0.15) is 0 Å². The van der Waals surface area contributed by atoms with Gasteiger partial charge in [0.15, 0.2) is 0 Å². The fourth-order valence-corrected chi connectivity index (χ4v) is 0.407. The summed E-state index contributed by atoms with van der Waals surface area (Å²) in [6.45, 7) is 0.906. The molecule has 7 heteroatoms. The van der Waals surface area contributed by atoms with Crippen molar-refractivity contribution in [3.05, 3.63) is 0 Å². The molecule has 0 aliphatic rings. The van der Waals surface area contributed by atoms with E-state index in [0.29, 0.717) is 0 Å². The van der Waals surface area contributed by atoms with Crippen LogP contribution in [0.1, 0.15) is 6.92 Å². The number of ether oxygens (including phenoxy) is 1. The van der Waals surface area contributed by atoms with Crippen LogP contribution in [0.5, 0.6) is 0 Å². The van der Waals surface area contributed by atoms with Crippen LogP contribution in [0.4, 0.5) is 4.79 Å². The maximum atomic E-state index is 10.0. The van der Waals surface area contributed by atoms with Crippen molar-refractivity contribution in [3.63, 3.8) is 0 Å². The third kappa shape index (κ3) is 3.25. The molecule has 0 aromatic carbocycles. The Balaban J connectivity index is 4.12. The molecule has 1 unspecified atom stereocenters. The quantitative estimate of drug-likeness (QED) is 0.443. The molecule has 2 N–H and O–H groups in total. The van der Waals surface area contributed by atoms with Gasteiger partial charge >= 0.3 is 16.3 Å². The van der Waals surface area contributed by atoms with Crippen molar-refractivity contribution < 1.29 is 27.6 Å². The van der Waals surface area contributed by atoms with E-state index in [4.69, 9.17) is 9.66 Å². The third-order valence-electron chi connectivity index (χ3n) is 0.686. The van der Waals surface area contributed by atoms with Crippen molar-refractivity contribution in [2.24, 2.45) is 0 Å². The van der Waals surface area contributed by atoms with Crippen molar-refractivity contribution in [1.29, 1.82) is 0 Å². The summed E-state index contributed by atoms with van der Waals surface area (Å²) in [4.78, 5) is 9.66. The predicted octanol–water partition coefficient (Wildman–Crippen LogP) is -0.0852. The zero-order valence-corrected chi connectivity index (χ0v) is 5.83. The second-order valence-corrected chi connectivity index (χ2v) is 3.16. The molecule has 0 aromatic rings. The van der Waals surface area contributed by atoms with Gasteiger partial charge in [0.2, 0.25) is 5.44 Å². The Kier molecular flexibility index (Phi) is 2.61. The van der Waals surface area contributed by atoms with Crippen LogP contribution >= 0.6 is 0 Å². The van der Waals surface area contributed by atoms with Crippen molar-refractivity contribution in [2.75, 3.05) is 0 Å². The van der Waals surface area contributed by atoms with Gasteiger partial charge in [-0.3, -0.25) is 4.55 Å². The van der Waals surface area contributed by atoms with Gasteiger partial charge in [0.25, 0.3) is 0 Å². The van der Waals surface area contributed by atoms with Gasteiger partial charge in [-0.05, 0) is 6.92 Å². The molecule has 0 amide bonds. The summed E-state index contributed by atoms with van der Waals surface area (Å²) < 4.78 is 31.9. The van der Waals surface area contributed by atoms with Gasteiger partial charge in [-0.25, -0.2) is 4.79 Å². The van der Waals surface area contributed by atoms with Crippen molar-refractivity contribution in [1.82, 2.24) is 0 Å². The minimum absolute atomic E-state index is 0.906. The first kappa shape index (κ1) is 9.18. The highest BCUT2D eigenvalue weighted by Crippen LogP contribution is 1.98. The second-order valence-electron chi connectivity index (χ2n) is 1.47. The average Bonchev–Trinajstić information content (AvgIpc) is 1.60. The Morgan fingerprint density at radius 1 is 1.60 bits per heavy atom. The van der Waals surface area contributed by atoms with Crippen LogP contribution < -0.4 is 0 Å². The average molecular weight is 170 g/mol. The molecular weight excluding hydrogens is 164 g/mol. The fourth-order valence-electron chi connectivity index (χ4n) is 0.203. The first-order valence-corrected chi connectivity index (χ1v) is 3.70. The summed E-state index contributed by atoms with van der Waals surface area (Å²) in [7, 11) is -4.40. The lowest BCUT2D eigenvalue weighted by atomic mass is 10.9. The van der Waals surface area contributed by atoms with E-state index in [-0.39, 0.29) is 0 Å². The van der Waals surface area contributed by atoms with E-state index in [1.165, 1.54) is 0 Å². The van der Waals surface area contributed by atoms with E-state index in [2.05, 4.69) is 4.74 Å². The molecule has 60 valence electrons. The van der Waals surface area contributed by atoms with Crippen LogP contribution in [0.2, 0.25) is 0 Å². The summed E-state index contributed by atoms with van der Waals surface area (Å²) >= 11 is 0. The molecule has 0 bridgehead atoms. The van der Waals surface area contributed by atoms with Gasteiger partial charge in [-0.2, -0.15) is 8.42 Å². The van der Waals surface area contributed by atoms with Crippen molar-refractivity contribution in [2.45, 2.75) is 12.4 Å². The number of carboxylic acid groups (broad SMARTS) is 1. The lowest BCUT2D eigenvalue weighted by Gasteiger charge is -2.04. The van der Waals surface area contributed by atoms with Crippen LogP contribution in [-0.4, -0.2) is 29.7 Å². The van der Waals surface area contributed by atoms with Crippen LogP contribution in [0.3, 0.4) is 0 Å². The molecule has 1 atom stereocenters. The summed E-state index contributed by atoms with van der Waals surface area (Å²) in [5.74, 6) is 0. The Morgan fingerprint density at radius 2 is 2.00 bits per heavy atom. The molecule has 0 aliphatic heterocycles. The van der Waals surface area contributed by atoms with Crippen LogP contribution in [-0.2, 0) is 14.9 Å². The Hall–Kier alpha value is -0.820. The van der Waals surface area contributed by atoms with Gasteiger partial charge in [0.05, 0.1) is 0 Å². The lowest BCUT2D eigenvalue weighted by molar-refractivity contribution is 0.0812. The Morgan fingerprint density at radius 3 is 2.10 bits per heavy atom. The maximum absolute atomic E-state index is 10.0. The monoisotopic (exact) mass is 170 g/mol. The molecule has 0 saturated carbocycles. The molecular formula is C3H6O6S. The third-order valence-corrected chi connectivity index (χ3v) is 1.62. The minimum atomic E-state index is -4.40. The van der Waals surface area contributed by atoms with Crippen LogP contribution in [0, 0.1) is 0 Å². The van der Waals surface area contributed by atoms with Crippen molar-refractivity contribution in [3.8, 4) is 0 Å². The summed E-state index contributed by atoms with van der Waals surface area (Å²) in [6.07, 6.45) is -1.75. The SMILES string of the molecule is CC(OC(=O)O)S(=O)(=O)O. The smallest absolute Gasteiger partial charge is 0.450 e. The molecule has 6 nitrogen and oxygen atoms in total. The van der Waals surface area contributed by atoms with Crippen LogP contribution in [0.15, 0.2) is 0 Å². The molecule has 0 rings (SSSR count). The highest BCUT2D eigenvalue weighted by molar-refractivity contribution is 7.86. The zero-order valence-electron chi connectivity index (χ0n) is 5.01. The first-order chi connectivity index (χ1) is 4.34. The summed E-state index contributed by atoms with van der Waals surface area (Å²) in [5, 5.41) is 7.85. The molecule has 0 fully saturated rings. The highest BCUT2D eigenvalue weighted by Gasteiger charge is 2.20. The lowest BCUT2D eigenvalue weighted by Crippen LogP contribution is -2.22. The highest BCUT2D eigenvalue weighted by atomic mass is 32.2. The Labute approximate surface area is 57.2 Å². The molecule has 0 aromatic heterocycles. The van der Waals surface area contributed by atoms with E-state index >= 15 is 0 Å². The van der Waals surface area contributed by atoms with Gasteiger partial charge in [-0.15, -0.1) is 0 Å². The van der Waals surface area contributed by atoms with E-state index in [1.807, 2.05) is 0 Å². The van der Waals surface area contributed by atoms with Crippen LogP contribution in [0.25, 0.3) is 0 Å². The normalized spacial score (nSPS) is 14.2. The standard InChI is InChI=1S/C3H6O6S/c1-2(9-3(4)5)10(6,7)8/h2H,1H3,(H,4,5)(H,6,7,8). The Bertz CT molecular complexity index is 215. The number of hydrogen-bond acceptors (Lipinski definition) is 4. The number of rotatable bonds is 2. The molecule has 0 saturated heterocycles. The number of carbonyl (C=O) groups is 1. The van der Waals surface area contributed by atoms with Gasteiger partial charge < -0.3 is 9.84 Å². The second kappa shape index (κ2) is 2.84. The topological polar surface area (TPSA) is 101 Å². The molecule has 10 heavy (non-hydrogen) atoms. The van der Waals surface area contributed by atoms with E-state index in [0.717, 1.165) is 6.92 Å². The minimum Gasteiger partial charge on any atom is -0.450 e. The predicted molar refractivity (Wildman–Crippen MR) is 30.1 cm³/mol. The molecule has 0 aliphatic carbocycles. The zero-order chi connectivity index (χ0) is 8.36. The van der Waals surface area contributed by atoms with Gasteiger partial charge in [0, 0.05) is 0 Å². The molecule has 0 radical (unpaired) electrons. The molecule has 0 heterocycles. The van der Waals surface area contributed by atoms with E-state index in [1.54, 1.807) is 0 Å². The number of hydrogen-bond donors (Lipinski definition) is 2. The van der Waals surface area contributed by atoms with Gasteiger partial charge in [-0.1, -0.05) is 0 Å². The molecule has 0 spiro atoms. The van der Waals surface area contributed by atoms with E-state index < -0.39 is 21.7 Å². The first-order valence-electron chi connectivity index (χ1n) is 2.20. The fraction of sp³-hybridized carbons (Fsp3) is 0.667. The largest absolute Gasteiger partial charge is 0.507 e. The van der Waals surface area contributed by atoms with Crippen molar-refractivity contribution >= 4 is 16.3 Å². The summed E-state index contributed by atoms with van der Waals surface area (Å²) in [6, 6.07) is 0. The van der Waals surface area contributed by atoms with E-state index in [9.17, 15) is 13.2 Å². The summed E-state index contributed by atoms with van der Waals surface area (Å²) in [5.41, 5.74) is -1.73. The maximum Gasteiger partial charge on any atom is 0.507 e.